The number of hydrogen-bond donors (Lipinski definition) is 1. The zero-order chi connectivity index (χ0) is 25.6. The van der Waals surface area contributed by atoms with Crippen molar-refractivity contribution in [3.8, 4) is 5.75 Å². The van der Waals surface area contributed by atoms with Gasteiger partial charge in [0.05, 0.1) is 17.6 Å². The normalized spacial score (nSPS) is 11.2. The number of allylic oxidation sites excluding steroid dienone is 1. The molecule has 1 aromatic heterocycles. The van der Waals surface area contributed by atoms with Crippen LogP contribution in [-0.4, -0.2) is 28.6 Å². The van der Waals surface area contributed by atoms with Crippen LogP contribution in [0.2, 0.25) is 0 Å². The van der Waals surface area contributed by atoms with E-state index >= 15 is 0 Å². The van der Waals surface area contributed by atoms with Crippen molar-refractivity contribution >= 4 is 16.9 Å². The lowest BCUT2D eigenvalue weighted by molar-refractivity contribution is -0.125. The van der Waals surface area contributed by atoms with Crippen LogP contribution in [0.4, 0.5) is 0 Å². The molecule has 0 saturated heterocycles. The third-order valence-corrected chi connectivity index (χ3v) is 6.84. The number of aryl methyl sites for hydroxylation is 2. The Hall–Kier alpha value is -3.08. The Labute approximate surface area is 217 Å². The molecule has 0 atom stereocenters. The molecule has 36 heavy (non-hydrogen) atoms. The average Bonchev–Trinajstić information content (AvgIpc) is 3.25. The highest BCUT2D eigenvalue weighted by molar-refractivity contribution is 5.78. The summed E-state index contributed by atoms with van der Waals surface area (Å²) >= 11 is 0. The van der Waals surface area contributed by atoms with E-state index in [9.17, 15) is 4.79 Å². The van der Waals surface area contributed by atoms with Crippen molar-refractivity contribution in [1.82, 2.24) is 14.9 Å². The van der Waals surface area contributed by atoms with E-state index in [2.05, 4.69) is 60.6 Å². The number of nitrogens with one attached hydrogen (secondary N) is 1. The molecule has 3 rings (SSSR count). The number of aromatic nitrogens is 2. The molecule has 0 bridgehead atoms. The first-order valence-corrected chi connectivity index (χ1v) is 13.7. The number of nitrogens with zero attached hydrogens (tertiary/aromatic N) is 2. The van der Waals surface area contributed by atoms with Gasteiger partial charge in [0.15, 0.2) is 0 Å². The van der Waals surface area contributed by atoms with E-state index in [1.165, 1.54) is 11.1 Å². The molecule has 5 nitrogen and oxygen atoms in total. The third kappa shape index (κ3) is 7.97. The molecule has 0 aliphatic heterocycles. The Balaban J connectivity index is 1.46. The van der Waals surface area contributed by atoms with Gasteiger partial charge in [-0.1, -0.05) is 56.7 Å². The number of imidazole rings is 1. The fourth-order valence-corrected chi connectivity index (χ4v) is 4.69. The van der Waals surface area contributed by atoms with Gasteiger partial charge in [-0.3, -0.25) is 4.79 Å². The van der Waals surface area contributed by atoms with Crippen molar-refractivity contribution in [3.05, 3.63) is 72.6 Å². The second-order valence-corrected chi connectivity index (χ2v) is 9.44. The molecule has 0 aliphatic rings. The van der Waals surface area contributed by atoms with Crippen LogP contribution in [0, 0.1) is 5.92 Å². The van der Waals surface area contributed by atoms with Crippen molar-refractivity contribution in [2.24, 2.45) is 5.92 Å². The third-order valence-electron chi connectivity index (χ3n) is 6.84. The first-order chi connectivity index (χ1) is 17.7. The van der Waals surface area contributed by atoms with Gasteiger partial charge in [0.2, 0.25) is 5.91 Å². The second kappa shape index (κ2) is 15.1. The number of benzene rings is 2. The van der Waals surface area contributed by atoms with Gasteiger partial charge >= 0.3 is 0 Å². The molecule has 1 amide bonds. The van der Waals surface area contributed by atoms with Crippen LogP contribution in [0.25, 0.3) is 11.0 Å². The number of para-hydroxylation sites is 3. The van der Waals surface area contributed by atoms with Crippen LogP contribution < -0.4 is 10.1 Å². The quantitative estimate of drug-likeness (QED) is 0.166. The number of ether oxygens (including phenoxy) is 1. The van der Waals surface area contributed by atoms with Gasteiger partial charge in [-0.25, -0.2) is 4.98 Å². The fourth-order valence-electron chi connectivity index (χ4n) is 4.69. The fraction of sp³-hybridized carbons (Fsp3) is 0.484. The van der Waals surface area contributed by atoms with Gasteiger partial charge in [-0.05, 0) is 68.7 Å². The molecule has 3 aromatic rings. The summed E-state index contributed by atoms with van der Waals surface area (Å²) in [6.07, 6.45) is 10.7. The summed E-state index contributed by atoms with van der Waals surface area (Å²) in [6, 6.07) is 16.6. The molecular weight excluding hydrogens is 446 g/mol. The van der Waals surface area contributed by atoms with Gasteiger partial charge in [-0.2, -0.15) is 0 Å². The van der Waals surface area contributed by atoms with E-state index in [4.69, 9.17) is 9.72 Å². The lowest BCUT2D eigenvalue weighted by Crippen LogP contribution is -2.30. The Morgan fingerprint density at radius 3 is 2.61 bits per heavy atom. The number of rotatable bonds is 17. The summed E-state index contributed by atoms with van der Waals surface area (Å²) < 4.78 is 8.46. The minimum Gasteiger partial charge on any atom is -0.493 e. The maximum atomic E-state index is 12.1. The number of carbonyl (C=O) groups excluding carboxylic acids is 1. The first-order valence-electron chi connectivity index (χ1n) is 13.7. The highest BCUT2D eigenvalue weighted by atomic mass is 16.5. The van der Waals surface area contributed by atoms with Crippen LogP contribution in [0.3, 0.4) is 0 Å². The lowest BCUT2D eigenvalue weighted by Gasteiger charge is -2.13. The van der Waals surface area contributed by atoms with Crippen LogP contribution in [-0.2, 0) is 24.2 Å². The first kappa shape index (κ1) is 27.5. The monoisotopic (exact) mass is 489 g/mol. The number of hydrogen-bond acceptors (Lipinski definition) is 3. The highest BCUT2D eigenvalue weighted by Crippen LogP contribution is 2.21. The van der Waals surface area contributed by atoms with Crippen molar-refractivity contribution < 1.29 is 9.53 Å². The number of amides is 1. The van der Waals surface area contributed by atoms with Gasteiger partial charge in [0.1, 0.15) is 11.6 Å². The van der Waals surface area contributed by atoms with Crippen LogP contribution in [0.1, 0.15) is 70.2 Å². The Bertz CT molecular complexity index is 1080. The molecule has 0 radical (unpaired) electrons. The minimum absolute atomic E-state index is 0.150. The maximum Gasteiger partial charge on any atom is 0.223 e. The molecule has 194 valence electrons. The molecular formula is C31H43N3O2. The average molecular weight is 490 g/mol. The summed E-state index contributed by atoms with van der Waals surface area (Å²) in [7, 11) is 0. The second-order valence-electron chi connectivity index (χ2n) is 9.44. The zero-order valence-electron chi connectivity index (χ0n) is 22.2. The predicted octanol–water partition coefficient (Wildman–Crippen LogP) is 6.89. The Morgan fingerprint density at radius 1 is 1.03 bits per heavy atom. The Kier molecular flexibility index (Phi) is 11.6. The van der Waals surface area contributed by atoms with E-state index in [1.54, 1.807) is 0 Å². The summed E-state index contributed by atoms with van der Waals surface area (Å²) in [5.41, 5.74) is 3.47. The summed E-state index contributed by atoms with van der Waals surface area (Å²) in [4.78, 5) is 17.1. The van der Waals surface area contributed by atoms with Gasteiger partial charge < -0.3 is 14.6 Å². The molecule has 5 heteroatoms. The van der Waals surface area contributed by atoms with Crippen LogP contribution in [0.5, 0.6) is 5.75 Å². The standard InChI is InChI=1S/C31H43N3O2/c1-4-16-26-17-9-12-20-29(26)36-24-15-14-23-34-28-19-11-10-18-27(28)33-30(34)21-8-7-13-22-32-31(35)25(5-2)6-3/h4,9-12,17-20,25H,1,5-8,13-16,21-24H2,2-3H3,(H,32,35). The van der Waals surface area contributed by atoms with Gasteiger partial charge in [0, 0.05) is 25.4 Å². The molecule has 0 saturated carbocycles. The van der Waals surface area contributed by atoms with E-state index < -0.39 is 0 Å². The largest absolute Gasteiger partial charge is 0.493 e. The smallest absolute Gasteiger partial charge is 0.223 e. The van der Waals surface area contributed by atoms with Crippen molar-refractivity contribution in [2.45, 2.75) is 78.2 Å². The minimum atomic E-state index is 0.150. The van der Waals surface area contributed by atoms with E-state index in [0.717, 1.165) is 88.0 Å². The van der Waals surface area contributed by atoms with Crippen LogP contribution >= 0.6 is 0 Å². The van der Waals surface area contributed by atoms with Gasteiger partial charge in [0.25, 0.3) is 0 Å². The molecule has 2 aromatic carbocycles. The van der Waals surface area contributed by atoms with E-state index in [0.29, 0.717) is 6.61 Å². The van der Waals surface area contributed by atoms with Crippen molar-refractivity contribution in [1.29, 1.82) is 0 Å². The molecule has 1 N–H and O–H groups in total. The van der Waals surface area contributed by atoms with E-state index in [-0.39, 0.29) is 11.8 Å². The number of unbranched alkanes of at least 4 members (excludes halogenated alkanes) is 3. The zero-order valence-corrected chi connectivity index (χ0v) is 22.2. The topological polar surface area (TPSA) is 56.1 Å². The maximum absolute atomic E-state index is 12.1. The molecule has 0 aliphatic carbocycles. The van der Waals surface area contributed by atoms with Crippen LogP contribution in [0.15, 0.2) is 61.2 Å². The predicted molar refractivity (Wildman–Crippen MR) is 149 cm³/mol. The SMILES string of the molecule is C=CCc1ccccc1OCCCCn1c(CCCCCNC(=O)C(CC)CC)nc2ccccc21. The van der Waals surface area contributed by atoms with Crippen molar-refractivity contribution in [3.63, 3.8) is 0 Å². The Morgan fingerprint density at radius 2 is 1.81 bits per heavy atom. The van der Waals surface area contributed by atoms with Gasteiger partial charge in [-0.15, -0.1) is 6.58 Å². The molecule has 1 heterocycles. The molecule has 0 spiro atoms. The summed E-state index contributed by atoms with van der Waals surface area (Å²) in [5, 5.41) is 3.10. The number of fused-ring (bicyclic) bond motifs is 1. The molecule has 0 fully saturated rings. The molecule has 0 unspecified atom stereocenters. The lowest BCUT2D eigenvalue weighted by atomic mass is 10.0. The van der Waals surface area contributed by atoms with Crippen molar-refractivity contribution in [2.75, 3.05) is 13.2 Å². The summed E-state index contributed by atoms with van der Waals surface area (Å²) in [5.74, 6) is 2.48. The van der Waals surface area contributed by atoms with E-state index in [1.807, 2.05) is 24.3 Å². The summed E-state index contributed by atoms with van der Waals surface area (Å²) in [6.45, 7) is 10.4. The highest BCUT2D eigenvalue weighted by Gasteiger charge is 2.13. The number of carbonyl (C=O) groups is 1.